The van der Waals surface area contributed by atoms with Crippen molar-refractivity contribution in [2.45, 2.75) is 10.4 Å². The van der Waals surface area contributed by atoms with Gasteiger partial charge in [0.2, 0.25) is 0 Å². The van der Waals surface area contributed by atoms with Crippen LogP contribution in [-0.2, 0) is 0 Å². The molecule has 2 heterocycles. The van der Waals surface area contributed by atoms with Crippen molar-refractivity contribution >= 4 is 40.9 Å². The van der Waals surface area contributed by atoms with Gasteiger partial charge in [-0.25, -0.2) is 9.78 Å². The molecule has 0 atom stereocenters. The van der Waals surface area contributed by atoms with Crippen LogP contribution in [0.2, 0.25) is 5.02 Å². The van der Waals surface area contributed by atoms with E-state index in [0.29, 0.717) is 42.7 Å². The van der Waals surface area contributed by atoms with E-state index in [1.165, 1.54) is 24.3 Å². The number of benzene rings is 1. The van der Waals surface area contributed by atoms with Gasteiger partial charge in [-0.05, 0) is 48.2 Å². The fourth-order valence-electron chi connectivity index (χ4n) is 2.67. The van der Waals surface area contributed by atoms with Crippen LogP contribution in [0.15, 0.2) is 47.5 Å². The Bertz CT molecular complexity index is 796. The molecule has 0 unspecified atom stereocenters. The van der Waals surface area contributed by atoms with Crippen molar-refractivity contribution in [2.24, 2.45) is 0 Å². The average Bonchev–Trinajstić information content (AvgIpc) is 2.63. The maximum Gasteiger partial charge on any atom is 0.446 e. The van der Waals surface area contributed by atoms with E-state index in [4.69, 9.17) is 11.6 Å². The second-order valence-electron chi connectivity index (χ2n) is 5.79. The van der Waals surface area contributed by atoms with Crippen molar-refractivity contribution in [1.82, 2.24) is 9.88 Å². The van der Waals surface area contributed by atoms with E-state index in [1.807, 2.05) is 4.90 Å². The van der Waals surface area contributed by atoms with E-state index < -0.39 is 5.51 Å². The van der Waals surface area contributed by atoms with E-state index in [2.05, 4.69) is 10.3 Å². The van der Waals surface area contributed by atoms with Gasteiger partial charge in [0.15, 0.2) is 0 Å². The molecule has 144 valence electrons. The van der Waals surface area contributed by atoms with Gasteiger partial charge in [0.25, 0.3) is 0 Å². The first kappa shape index (κ1) is 19.6. The standard InChI is InChI=1S/C17H16ClF3N4OS/c18-14-2-1-7-22-15(14)24-8-10-25(11-9-24)16(26)23-12-3-5-13(6-4-12)27-17(19,20)21/h1-7H,8-11H2,(H,23,26). The van der Waals surface area contributed by atoms with Gasteiger partial charge in [-0.3, -0.25) is 0 Å². The maximum absolute atomic E-state index is 12.4. The highest BCUT2D eigenvalue weighted by molar-refractivity contribution is 8.00. The van der Waals surface area contributed by atoms with Gasteiger partial charge in [-0.15, -0.1) is 0 Å². The predicted octanol–water partition coefficient (Wildman–Crippen LogP) is 4.70. The summed E-state index contributed by atoms with van der Waals surface area (Å²) in [4.78, 5) is 20.4. The molecule has 1 aliphatic heterocycles. The highest BCUT2D eigenvalue weighted by Crippen LogP contribution is 2.37. The van der Waals surface area contributed by atoms with Gasteiger partial charge < -0.3 is 15.1 Å². The van der Waals surface area contributed by atoms with Gasteiger partial charge in [0.05, 0.1) is 5.02 Å². The molecule has 1 fully saturated rings. The van der Waals surface area contributed by atoms with Crippen molar-refractivity contribution < 1.29 is 18.0 Å². The van der Waals surface area contributed by atoms with Gasteiger partial charge in [-0.1, -0.05) is 11.6 Å². The lowest BCUT2D eigenvalue weighted by atomic mass is 10.3. The monoisotopic (exact) mass is 416 g/mol. The van der Waals surface area contributed by atoms with E-state index in [1.54, 1.807) is 23.2 Å². The van der Waals surface area contributed by atoms with Crippen LogP contribution in [-0.4, -0.2) is 47.6 Å². The minimum absolute atomic E-state index is 0.0707. The molecule has 2 aromatic rings. The smallest absolute Gasteiger partial charge is 0.352 e. The van der Waals surface area contributed by atoms with Crippen LogP contribution in [0.3, 0.4) is 0 Å². The number of amides is 2. The molecular formula is C17H16ClF3N4OS. The molecular weight excluding hydrogens is 401 g/mol. The van der Waals surface area contributed by atoms with Gasteiger partial charge in [-0.2, -0.15) is 13.2 Å². The number of alkyl halides is 3. The number of rotatable bonds is 3. The molecule has 0 radical (unpaired) electrons. The first-order valence-electron chi connectivity index (χ1n) is 8.09. The number of piperazine rings is 1. The summed E-state index contributed by atoms with van der Waals surface area (Å²) in [7, 11) is 0. The number of aromatic nitrogens is 1. The lowest BCUT2D eigenvalue weighted by Crippen LogP contribution is -2.50. The molecule has 1 aliphatic rings. The minimum atomic E-state index is -4.33. The molecule has 0 aliphatic carbocycles. The maximum atomic E-state index is 12.4. The Morgan fingerprint density at radius 1 is 1.11 bits per heavy atom. The molecule has 2 amide bonds. The number of pyridine rings is 1. The van der Waals surface area contributed by atoms with Crippen LogP contribution in [0.25, 0.3) is 0 Å². The first-order valence-corrected chi connectivity index (χ1v) is 9.28. The zero-order valence-corrected chi connectivity index (χ0v) is 15.6. The molecule has 0 saturated carbocycles. The van der Waals surface area contributed by atoms with Crippen molar-refractivity contribution in [3.05, 3.63) is 47.6 Å². The highest BCUT2D eigenvalue weighted by Gasteiger charge is 2.29. The third-order valence-electron chi connectivity index (χ3n) is 3.94. The summed E-state index contributed by atoms with van der Waals surface area (Å²) < 4.78 is 37.0. The van der Waals surface area contributed by atoms with Crippen LogP contribution in [0.1, 0.15) is 0 Å². The number of nitrogens with zero attached hydrogens (tertiary/aromatic N) is 3. The lowest BCUT2D eigenvalue weighted by molar-refractivity contribution is -0.0328. The zero-order valence-electron chi connectivity index (χ0n) is 14.0. The van der Waals surface area contributed by atoms with Crippen LogP contribution in [0.4, 0.5) is 29.5 Å². The molecule has 27 heavy (non-hydrogen) atoms. The Kier molecular flexibility index (Phi) is 6.01. The minimum Gasteiger partial charge on any atom is -0.352 e. The summed E-state index contributed by atoms with van der Waals surface area (Å²) in [5.41, 5.74) is -3.89. The summed E-state index contributed by atoms with van der Waals surface area (Å²) >= 11 is 5.96. The fourth-order valence-corrected chi connectivity index (χ4v) is 3.45. The first-order chi connectivity index (χ1) is 12.8. The largest absolute Gasteiger partial charge is 0.446 e. The Morgan fingerprint density at radius 3 is 2.37 bits per heavy atom. The second kappa shape index (κ2) is 8.26. The molecule has 1 aromatic heterocycles. The van der Waals surface area contributed by atoms with Crippen LogP contribution < -0.4 is 10.2 Å². The Labute approximate surface area is 163 Å². The van der Waals surface area contributed by atoms with Crippen LogP contribution in [0, 0.1) is 0 Å². The van der Waals surface area contributed by atoms with Gasteiger partial charge in [0.1, 0.15) is 5.82 Å². The number of carbonyl (C=O) groups is 1. The summed E-state index contributed by atoms with van der Waals surface area (Å²) in [6.45, 7) is 2.15. The zero-order chi connectivity index (χ0) is 19.4. The van der Waals surface area contributed by atoms with Gasteiger partial charge >= 0.3 is 11.5 Å². The third-order valence-corrected chi connectivity index (χ3v) is 4.98. The van der Waals surface area contributed by atoms with Crippen molar-refractivity contribution in [3.8, 4) is 0 Å². The number of carbonyl (C=O) groups excluding carboxylic acids is 1. The molecule has 1 aromatic carbocycles. The number of hydrogen-bond donors (Lipinski definition) is 1. The third kappa shape index (κ3) is 5.43. The Balaban J connectivity index is 1.53. The number of urea groups is 1. The summed E-state index contributed by atoms with van der Waals surface area (Å²) in [6, 6.07) is 8.80. The lowest BCUT2D eigenvalue weighted by Gasteiger charge is -2.35. The van der Waals surface area contributed by atoms with Crippen molar-refractivity contribution in [2.75, 3.05) is 36.4 Å². The number of thioether (sulfide) groups is 1. The van der Waals surface area contributed by atoms with E-state index >= 15 is 0 Å². The summed E-state index contributed by atoms with van der Waals surface area (Å²) in [6.07, 6.45) is 1.67. The molecule has 0 spiro atoms. The number of anilines is 2. The van der Waals surface area contributed by atoms with Crippen LogP contribution in [0.5, 0.6) is 0 Å². The number of halogens is 4. The van der Waals surface area contributed by atoms with E-state index in [9.17, 15) is 18.0 Å². The number of hydrogen-bond acceptors (Lipinski definition) is 4. The van der Waals surface area contributed by atoms with E-state index in [0.717, 1.165) is 0 Å². The average molecular weight is 417 g/mol. The second-order valence-corrected chi connectivity index (χ2v) is 7.33. The highest BCUT2D eigenvalue weighted by atomic mass is 35.5. The quantitative estimate of drug-likeness (QED) is 0.737. The molecule has 5 nitrogen and oxygen atoms in total. The number of nitrogens with one attached hydrogen (secondary N) is 1. The fraction of sp³-hybridized carbons (Fsp3) is 0.294. The topological polar surface area (TPSA) is 48.5 Å². The summed E-state index contributed by atoms with van der Waals surface area (Å²) in [5.74, 6) is 0.692. The molecule has 10 heteroatoms. The van der Waals surface area contributed by atoms with Crippen molar-refractivity contribution in [3.63, 3.8) is 0 Å². The van der Waals surface area contributed by atoms with Crippen molar-refractivity contribution in [1.29, 1.82) is 0 Å². The Hall–Kier alpha value is -2.13. The SMILES string of the molecule is O=C(Nc1ccc(SC(F)(F)F)cc1)N1CCN(c2ncccc2Cl)CC1. The molecule has 1 N–H and O–H groups in total. The summed E-state index contributed by atoms with van der Waals surface area (Å²) in [5, 5.41) is 3.27. The van der Waals surface area contributed by atoms with Crippen LogP contribution >= 0.6 is 23.4 Å². The molecule has 0 bridgehead atoms. The van der Waals surface area contributed by atoms with E-state index in [-0.39, 0.29) is 22.7 Å². The van der Waals surface area contributed by atoms with Gasteiger partial charge in [0, 0.05) is 43.0 Å². The molecule has 3 rings (SSSR count). The normalized spacial score (nSPS) is 15.0. The predicted molar refractivity (Wildman–Crippen MR) is 100 cm³/mol. The Morgan fingerprint density at radius 2 is 1.78 bits per heavy atom. The molecule has 1 saturated heterocycles.